The molecule has 182 valence electrons. The van der Waals surface area contributed by atoms with E-state index in [0.717, 1.165) is 0 Å². The summed E-state index contributed by atoms with van der Waals surface area (Å²) in [6.45, 7) is 1.55. The Morgan fingerprint density at radius 2 is 1.74 bits per heavy atom. The van der Waals surface area contributed by atoms with Gasteiger partial charge in [0, 0.05) is 6.07 Å². The van der Waals surface area contributed by atoms with Crippen molar-refractivity contribution < 1.29 is 36.6 Å². The smallest absolute Gasteiger partial charge is 0.416 e. The van der Waals surface area contributed by atoms with Gasteiger partial charge in [-0.25, -0.2) is 13.9 Å². The third kappa shape index (κ3) is 5.14. The van der Waals surface area contributed by atoms with Gasteiger partial charge in [0.2, 0.25) is 0 Å². The minimum absolute atomic E-state index is 0.105. The number of hydrogen-bond acceptors (Lipinski definition) is 6. The highest BCUT2D eigenvalue weighted by atomic mass is 35.5. The number of nitrogens with zero attached hydrogens (tertiary/aromatic N) is 3. The SMILES string of the molecule is COC(=O)C(C)Oc1ccc(-n2nnc3ccc(Oc4c(F)cc(C(F)(F)F)cc4Cl)cc32)cc1. The quantitative estimate of drug-likeness (QED) is 0.236. The van der Waals surface area contributed by atoms with Crippen molar-refractivity contribution in [1.82, 2.24) is 15.0 Å². The molecule has 0 saturated carbocycles. The number of carbonyl (C=O) groups is 1. The Bertz CT molecular complexity index is 1370. The summed E-state index contributed by atoms with van der Waals surface area (Å²) in [5.74, 6) is -1.79. The van der Waals surface area contributed by atoms with E-state index in [1.165, 1.54) is 23.9 Å². The van der Waals surface area contributed by atoms with Crippen LogP contribution >= 0.6 is 11.6 Å². The molecule has 0 amide bonds. The summed E-state index contributed by atoms with van der Waals surface area (Å²) in [7, 11) is 1.26. The standard InChI is InChI=1S/C23H16ClF4N3O4/c1-12(22(32)33-2)34-15-5-3-14(4-6-15)31-20-11-16(7-8-19(20)29-30-31)35-21-17(24)9-13(10-18(21)25)23(26,27)28/h3-12H,1-2H3. The lowest BCUT2D eigenvalue weighted by Crippen LogP contribution is -2.24. The Morgan fingerprint density at radius 1 is 1.06 bits per heavy atom. The molecule has 1 atom stereocenters. The van der Waals surface area contributed by atoms with E-state index in [1.54, 1.807) is 37.3 Å². The van der Waals surface area contributed by atoms with Gasteiger partial charge in [0.1, 0.15) is 17.0 Å². The minimum atomic E-state index is -4.75. The molecule has 1 heterocycles. The van der Waals surface area contributed by atoms with E-state index in [1.807, 2.05) is 0 Å². The molecule has 7 nitrogen and oxygen atoms in total. The van der Waals surface area contributed by atoms with Gasteiger partial charge in [0.25, 0.3) is 0 Å². The molecule has 0 N–H and O–H groups in total. The van der Waals surface area contributed by atoms with E-state index in [-0.39, 0.29) is 5.75 Å². The molecule has 1 unspecified atom stereocenters. The number of benzene rings is 3. The predicted octanol–water partition coefficient (Wildman–Crippen LogP) is 5.96. The first kappa shape index (κ1) is 24.3. The number of halogens is 5. The second-order valence-corrected chi connectivity index (χ2v) is 7.70. The van der Waals surface area contributed by atoms with E-state index < -0.39 is 40.4 Å². The number of ether oxygens (including phenoxy) is 3. The Hall–Kier alpha value is -3.86. The molecule has 12 heteroatoms. The molecule has 0 aliphatic carbocycles. The number of methoxy groups -OCH3 is 1. The maximum Gasteiger partial charge on any atom is 0.416 e. The zero-order valence-electron chi connectivity index (χ0n) is 18.1. The predicted molar refractivity (Wildman–Crippen MR) is 117 cm³/mol. The highest BCUT2D eigenvalue weighted by Gasteiger charge is 2.32. The maximum atomic E-state index is 14.3. The van der Waals surface area contributed by atoms with Crippen LogP contribution in [-0.4, -0.2) is 34.2 Å². The minimum Gasteiger partial charge on any atom is -0.479 e. The summed E-state index contributed by atoms with van der Waals surface area (Å²) in [6, 6.07) is 12.0. The van der Waals surface area contributed by atoms with Crippen molar-refractivity contribution in [3.63, 3.8) is 0 Å². The summed E-state index contributed by atoms with van der Waals surface area (Å²) in [4.78, 5) is 11.5. The van der Waals surface area contributed by atoms with Crippen LogP contribution in [0.15, 0.2) is 54.6 Å². The fraction of sp³-hybridized carbons (Fsp3) is 0.174. The number of aromatic nitrogens is 3. The van der Waals surface area contributed by atoms with Crippen LogP contribution in [0.3, 0.4) is 0 Å². The number of rotatable bonds is 6. The van der Waals surface area contributed by atoms with Crippen LogP contribution in [-0.2, 0) is 15.7 Å². The van der Waals surface area contributed by atoms with Crippen molar-refractivity contribution in [1.29, 1.82) is 0 Å². The summed E-state index contributed by atoms with van der Waals surface area (Å²) < 4.78 is 70.0. The molecule has 0 saturated heterocycles. The largest absolute Gasteiger partial charge is 0.479 e. The van der Waals surface area contributed by atoms with Gasteiger partial charge in [0.05, 0.1) is 28.9 Å². The molecular formula is C23H16ClF4N3O4. The van der Waals surface area contributed by atoms with E-state index in [0.29, 0.717) is 34.6 Å². The number of esters is 1. The number of carbonyl (C=O) groups excluding carboxylic acids is 1. The summed E-state index contributed by atoms with van der Waals surface area (Å²) in [5.41, 5.74) is 0.318. The number of alkyl halides is 3. The first-order valence-corrected chi connectivity index (χ1v) is 10.4. The van der Waals surface area contributed by atoms with E-state index in [2.05, 4.69) is 15.0 Å². The van der Waals surface area contributed by atoms with Gasteiger partial charge < -0.3 is 14.2 Å². The normalized spacial score (nSPS) is 12.4. The lowest BCUT2D eigenvalue weighted by atomic mass is 10.2. The third-order valence-corrected chi connectivity index (χ3v) is 5.17. The lowest BCUT2D eigenvalue weighted by molar-refractivity contribution is -0.148. The maximum absolute atomic E-state index is 14.3. The molecular weight excluding hydrogens is 494 g/mol. The molecule has 1 aromatic heterocycles. The number of fused-ring (bicyclic) bond motifs is 1. The first-order valence-electron chi connectivity index (χ1n) is 10.0. The molecule has 3 aromatic carbocycles. The van der Waals surface area contributed by atoms with Crippen molar-refractivity contribution in [2.75, 3.05) is 7.11 Å². The van der Waals surface area contributed by atoms with Crippen molar-refractivity contribution in [2.45, 2.75) is 19.2 Å². The molecule has 4 rings (SSSR count). The van der Waals surface area contributed by atoms with Crippen LogP contribution in [0.25, 0.3) is 16.7 Å². The average Bonchev–Trinajstić information content (AvgIpc) is 3.24. The molecule has 0 radical (unpaired) electrons. The first-order chi connectivity index (χ1) is 16.6. The van der Waals surface area contributed by atoms with Gasteiger partial charge >= 0.3 is 12.1 Å². The molecule has 35 heavy (non-hydrogen) atoms. The van der Waals surface area contributed by atoms with Crippen molar-refractivity contribution >= 4 is 28.6 Å². The molecule has 0 aliphatic heterocycles. The second-order valence-electron chi connectivity index (χ2n) is 7.30. The fourth-order valence-electron chi connectivity index (χ4n) is 3.18. The van der Waals surface area contributed by atoms with Gasteiger partial charge in [-0.1, -0.05) is 16.8 Å². The molecule has 0 bridgehead atoms. The zero-order chi connectivity index (χ0) is 25.3. The average molecular weight is 510 g/mol. The monoisotopic (exact) mass is 509 g/mol. The van der Waals surface area contributed by atoms with Crippen molar-refractivity contribution in [2.24, 2.45) is 0 Å². The lowest BCUT2D eigenvalue weighted by Gasteiger charge is -2.13. The number of hydrogen-bond donors (Lipinski definition) is 0. The Labute approximate surface area is 200 Å². The van der Waals surface area contributed by atoms with E-state index in [9.17, 15) is 22.4 Å². The van der Waals surface area contributed by atoms with E-state index in [4.69, 9.17) is 21.1 Å². The molecule has 0 fully saturated rings. The van der Waals surface area contributed by atoms with Gasteiger partial charge in [0.15, 0.2) is 17.7 Å². The molecule has 0 spiro atoms. The van der Waals surface area contributed by atoms with Crippen LogP contribution in [0.1, 0.15) is 12.5 Å². The van der Waals surface area contributed by atoms with Crippen molar-refractivity contribution in [3.05, 3.63) is 71.0 Å². The summed E-state index contributed by atoms with van der Waals surface area (Å²) in [5, 5.41) is 7.63. The van der Waals surface area contributed by atoms with Crippen molar-refractivity contribution in [3.8, 4) is 22.9 Å². The third-order valence-electron chi connectivity index (χ3n) is 4.89. The van der Waals surface area contributed by atoms with Crippen LogP contribution in [0.4, 0.5) is 17.6 Å². The fourth-order valence-corrected chi connectivity index (χ4v) is 3.42. The van der Waals surface area contributed by atoms with E-state index >= 15 is 0 Å². The van der Waals surface area contributed by atoms with Crippen LogP contribution in [0.2, 0.25) is 5.02 Å². The Morgan fingerprint density at radius 3 is 2.37 bits per heavy atom. The second kappa shape index (κ2) is 9.41. The Kier molecular flexibility index (Phi) is 6.53. The van der Waals surface area contributed by atoms with Gasteiger partial charge in [-0.15, -0.1) is 5.10 Å². The van der Waals surface area contributed by atoms with Gasteiger partial charge in [-0.2, -0.15) is 13.2 Å². The summed E-state index contributed by atoms with van der Waals surface area (Å²) >= 11 is 5.86. The highest BCUT2D eigenvalue weighted by molar-refractivity contribution is 6.32. The topological polar surface area (TPSA) is 75.5 Å². The van der Waals surface area contributed by atoms with Crippen LogP contribution in [0.5, 0.6) is 17.2 Å². The zero-order valence-corrected chi connectivity index (χ0v) is 18.9. The van der Waals surface area contributed by atoms with Gasteiger partial charge in [-0.05, 0) is 55.5 Å². The van der Waals surface area contributed by atoms with Crippen LogP contribution in [0, 0.1) is 5.82 Å². The van der Waals surface area contributed by atoms with Crippen LogP contribution < -0.4 is 9.47 Å². The van der Waals surface area contributed by atoms with Gasteiger partial charge in [-0.3, -0.25) is 0 Å². The summed E-state index contributed by atoms with van der Waals surface area (Å²) in [6.07, 6.45) is -5.55. The highest BCUT2D eigenvalue weighted by Crippen LogP contribution is 2.39. The Balaban J connectivity index is 1.61. The molecule has 0 aliphatic rings. The molecule has 4 aromatic rings.